The van der Waals surface area contributed by atoms with Crippen molar-refractivity contribution in [1.82, 2.24) is 24.6 Å². The summed E-state index contributed by atoms with van der Waals surface area (Å²) in [5, 5.41) is 9.00. The number of imidazole rings is 1. The molecule has 1 aliphatic rings. The number of nitrogens with one attached hydrogen (secondary N) is 2. The molecular formula is C15H16F4N6. The first-order chi connectivity index (χ1) is 11.9. The topological polar surface area (TPSA) is 70.9 Å². The van der Waals surface area contributed by atoms with Gasteiger partial charge in [-0.2, -0.15) is 18.3 Å². The zero-order chi connectivity index (χ0) is 17.9. The highest BCUT2D eigenvalue weighted by Gasteiger charge is 2.33. The Labute approximate surface area is 140 Å². The van der Waals surface area contributed by atoms with E-state index in [4.69, 9.17) is 0 Å². The maximum atomic E-state index is 12.7. The fourth-order valence-corrected chi connectivity index (χ4v) is 2.48. The first kappa shape index (κ1) is 17.2. The van der Waals surface area contributed by atoms with E-state index in [1.807, 2.05) is 0 Å². The van der Waals surface area contributed by atoms with Gasteiger partial charge in [-0.15, -0.1) is 0 Å². The number of rotatable bonds is 2. The molecular weight excluding hydrogens is 340 g/mol. The van der Waals surface area contributed by atoms with Gasteiger partial charge in [0.25, 0.3) is 0 Å². The number of alkyl halides is 4. The van der Waals surface area contributed by atoms with E-state index in [0.29, 0.717) is 5.82 Å². The molecule has 3 aromatic heterocycles. The van der Waals surface area contributed by atoms with Crippen LogP contribution in [0.4, 0.5) is 29.3 Å². The monoisotopic (exact) mass is 356 g/mol. The Morgan fingerprint density at radius 3 is 2.52 bits per heavy atom. The van der Waals surface area contributed by atoms with Crippen LogP contribution in [0.2, 0.25) is 0 Å². The lowest BCUT2D eigenvalue weighted by molar-refractivity contribution is -0.141. The zero-order valence-corrected chi connectivity index (χ0v) is 13.1. The van der Waals surface area contributed by atoms with Gasteiger partial charge in [0.05, 0.1) is 6.20 Å². The molecule has 3 aromatic rings. The molecule has 0 atom stereocenters. The quantitative estimate of drug-likeness (QED) is 0.678. The van der Waals surface area contributed by atoms with Crippen LogP contribution in [0.15, 0.2) is 30.7 Å². The third-order valence-corrected chi connectivity index (χ3v) is 3.71. The second-order valence-corrected chi connectivity index (χ2v) is 5.60. The number of hydrogen-bond acceptors (Lipinski definition) is 4. The summed E-state index contributed by atoms with van der Waals surface area (Å²) in [6.45, 7) is 0. The van der Waals surface area contributed by atoms with Gasteiger partial charge in [0.2, 0.25) is 5.95 Å². The van der Waals surface area contributed by atoms with Gasteiger partial charge in [-0.25, -0.2) is 14.4 Å². The van der Waals surface area contributed by atoms with Gasteiger partial charge in [0.1, 0.15) is 17.6 Å². The smallest absolute Gasteiger partial charge is 0.310 e. The number of halogens is 4. The van der Waals surface area contributed by atoms with Gasteiger partial charge in [0, 0.05) is 24.5 Å². The number of H-pyrrole nitrogens is 1. The van der Waals surface area contributed by atoms with Gasteiger partial charge < -0.3 is 5.32 Å². The molecule has 0 bridgehead atoms. The van der Waals surface area contributed by atoms with Crippen molar-refractivity contribution in [1.29, 1.82) is 0 Å². The molecule has 0 radical (unpaired) electrons. The van der Waals surface area contributed by atoms with Crippen molar-refractivity contribution in [2.75, 3.05) is 5.32 Å². The SMILES string of the molecule is FC(F)(F)c1cc2nccn2c(Nc2ccn[nH]2)n1.FC1CCCC1. The molecule has 0 aliphatic heterocycles. The van der Waals surface area contributed by atoms with Crippen molar-refractivity contribution in [3.05, 3.63) is 36.4 Å². The Morgan fingerprint density at radius 1 is 1.20 bits per heavy atom. The van der Waals surface area contributed by atoms with E-state index < -0.39 is 18.0 Å². The molecule has 2 N–H and O–H groups in total. The fraction of sp³-hybridized carbons (Fsp3) is 0.400. The summed E-state index contributed by atoms with van der Waals surface area (Å²) < 4.78 is 51.5. The lowest BCUT2D eigenvalue weighted by Crippen LogP contribution is -2.12. The second-order valence-electron chi connectivity index (χ2n) is 5.60. The Hall–Kier alpha value is -2.65. The number of anilines is 2. The molecule has 0 unspecified atom stereocenters. The summed E-state index contributed by atoms with van der Waals surface area (Å²) in [6, 6.07) is 2.46. The van der Waals surface area contributed by atoms with E-state index in [2.05, 4.69) is 25.5 Å². The number of aromatic amines is 1. The summed E-state index contributed by atoms with van der Waals surface area (Å²) >= 11 is 0. The lowest BCUT2D eigenvalue weighted by Gasteiger charge is -2.10. The molecule has 0 amide bonds. The first-order valence-electron chi connectivity index (χ1n) is 7.75. The number of nitrogens with zero attached hydrogens (tertiary/aromatic N) is 4. The van der Waals surface area contributed by atoms with Crippen LogP contribution in [0.5, 0.6) is 0 Å². The van der Waals surface area contributed by atoms with Crippen LogP contribution in [-0.2, 0) is 6.18 Å². The zero-order valence-electron chi connectivity index (χ0n) is 13.1. The Bertz CT molecular complexity index is 805. The molecule has 1 aliphatic carbocycles. The van der Waals surface area contributed by atoms with Gasteiger partial charge in [-0.3, -0.25) is 9.50 Å². The van der Waals surface area contributed by atoms with Gasteiger partial charge in [0.15, 0.2) is 5.69 Å². The van der Waals surface area contributed by atoms with Gasteiger partial charge in [-0.05, 0) is 12.8 Å². The molecule has 3 heterocycles. The summed E-state index contributed by atoms with van der Waals surface area (Å²) in [7, 11) is 0. The molecule has 10 heteroatoms. The minimum atomic E-state index is -4.53. The number of fused-ring (bicyclic) bond motifs is 1. The van der Waals surface area contributed by atoms with Gasteiger partial charge in [-0.1, -0.05) is 12.8 Å². The van der Waals surface area contributed by atoms with Crippen LogP contribution in [0.25, 0.3) is 5.65 Å². The van der Waals surface area contributed by atoms with Crippen LogP contribution in [0, 0.1) is 0 Å². The summed E-state index contributed by atoms with van der Waals surface area (Å²) in [6.07, 6.45) is 3.27. The van der Waals surface area contributed by atoms with E-state index in [0.717, 1.165) is 31.7 Å². The summed E-state index contributed by atoms with van der Waals surface area (Å²) in [5.41, 5.74) is -0.849. The minimum absolute atomic E-state index is 0.00609. The second kappa shape index (κ2) is 7.08. The summed E-state index contributed by atoms with van der Waals surface area (Å²) in [4.78, 5) is 7.40. The summed E-state index contributed by atoms with van der Waals surface area (Å²) in [5.74, 6) is 0.438. The van der Waals surface area contributed by atoms with Crippen molar-refractivity contribution < 1.29 is 17.6 Å². The molecule has 6 nitrogen and oxygen atoms in total. The molecule has 0 aromatic carbocycles. The molecule has 134 valence electrons. The van der Waals surface area contributed by atoms with Crippen molar-refractivity contribution in [3.63, 3.8) is 0 Å². The molecule has 0 saturated heterocycles. The van der Waals surface area contributed by atoms with Crippen LogP contribution in [-0.4, -0.2) is 30.7 Å². The minimum Gasteiger partial charge on any atom is -0.310 e. The van der Waals surface area contributed by atoms with Crippen molar-refractivity contribution in [2.24, 2.45) is 0 Å². The van der Waals surface area contributed by atoms with Crippen LogP contribution in [0.1, 0.15) is 31.4 Å². The molecule has 4 rings (SSSR count). The van der Waals surface area contributed by atoms with E-state index in [9.17, 15) is 17.6 Å². The maximum Gasteiger partial charge on any atom is 0.433 e. The third-order valence-electron chi connectivity index (χ3n) is 3.71. The highest BCUT2D eigenvalue weighted by molar-refractivity contribution is 5.54. The standard InChI is InChI=1S/C10H7F3N6.C5H9F/c11-10(12,13)6-5-8-14-3-4-19(8)9(16-6)17-7-1-2-15-18-7;6-5-3-1-2-4-5/h1-5H,(H2,15,16,17,18);5H,1-4H2. The maximum absolute atomic E-state index is 12.7. The van der Waals surface area contributed by atoms with Crippen LogP contribution < -0.4 is 5.32 Å². The van der Waals surface area contributed by atoms with E-state index in [-0.39, 0.29) is 11.6 Å². The Balaban J connectivity index is 0.000000258. The number of hydrogen-bond donors (Lipinski definition) is 2. The Morgan fingerprint density at radius 2 is 1.96 bits per heavy atom. The average molecular weight is 356 g/mol. The predicted molar refractivity (Wildman–Crippen MR) is 83.2 cm³/mol. The third kappa shape index (κ3) is 4.25. The molecule has 25 heavy (non-hydrogen) atoms. The average Bonchev–Trinajstić information content (AvgIpc) is 3.28. The van der Waals surface area contributed by atoms with Crippen LogP contribution >= 0.6 is 0 Å². The van der Waals surface area contributed by atoms with Crippen molar-refractivity contribution in [3.8, 4) is 0 Å². The molecule has 1 fully saturated rings. The normalized spacial score (nSPS) is 15.2. The molecule has 0 spiro atoms. The number of aromatic nitrogens is 5. The van der Waals surface area contributed by atoms with E-state index >= 15 is 0 Å². The van der Waals surface area contributed by atoms with Gasteiger partial charge >= 0.3 is 6.18 Å². The van der Waals surface area contributed by atoms with E-state index in [1.54, 1.807) is 6.07 Å². The van der Waals surface area contributed by atoms with Crippen LogP contribution in [0.3, 0.4) is 0 Å². The van der Waals surface area contributed by atoms with Crippen molar-refractivity contribution in [2.45, 2.75) is 38.0 Å². The first-order valence-corrected chi connectivity index (χ1v) is 7.75. The highest BCUT2D eigenvalue weighted by Crippen LogP contribution is 2.29. The van der Waals surface area contributed by atoms with Crippen molar-refractivity contribution >= 4 is 17.4 Å². The predicted octanol–water partition coefficient (Wildman–Crippen LogP) is 4.11. The largest absolute Gasteiger partial charge is 0.433 e. The lowest BCUT2D eigenvalue weighted by atomic mass is 10.3. The van der Waals surface area contributed by atoms with E-state index in [1.165, 1.54) is 23.0 Å². The fourth-order valence-electron chi connectivity index (χ4n) is 2.48. The Kier molecular flexibility index (Phi) is 4.86. The highest BCUT2D eigenvalue weighted by atomic mass is 19.4. The molecule has 1 saturated carbocycles.